The van der Waals surface area contributed by atoms with Gasteiger partial charge in [-0.15, -0.1) is 0 Å². The Morgan fingerprint density at radius 1 is 1.22 bits per heavy atom. The maximum atomic E-state index is 12.0. The predicted octanol–water partition coefficient (Wildman–Crippen LogP) is 2.02. The van der Waals surface area contributed by atoms with Gasteiger partial charge in [-0.2, -0.15) is 0 Å². The van der Waals surface area contributed by atoms with Crippen LogP contribution in [0, 0.1) is 13.8 Å². The van der Waals surface area contributed by atoms with Crippen LogP contribution in [0.3, 0.4) is 0 Å². The zero-order valence-corrected chi connectivity index (χ0v) is 11.3. The molecule has 4 heteroatoms. The lowest BCUT2D eigenvalue weighted by molar-refractivity contribution is -0.120. The van der Waals surface area contributed by atoms with Crippen molar-refractivity contribution < 1.29 is 14.3 Å². The standard InChI is InChI=1S/C14H19NO3/c1-5-14(17)15-8-12(16)11-6-10(3)13(18-4)7-9(11)2/h6-7H,5,8H2,1-4H3,(H,15,17). The highest BCUT2D eigenvalue weighted by Crippen LogP contribution is 2.22. The molecule has 1 N–H and O–H groups in total. The first kappa shape index (κ1) is 14.2. The van der Waals surface area contributed by atoms with Gasteiger partial charge in [-0.1, -0.05) is 6.92 Å². The Morgan fingerprint density at radius 3 is 2.44 bits per heavy atom. The van der Waals surface area contributed by atoms with E-state index < -0.39 is 0 Å². The molecule has 1 amide bonds. The monoisotopic (exact) mass is 249 g/mol. The van der Waals surface area contributed by atoms with Crippen LogP contribution in [0.25, 0.3) is 0 Å². The van der Waals surface area contributed by atoms with Crippen molar-refractivity contribution >= 4 is 11.7 Å². The average Bonchev–Trinajstić information content (AvgIpc) is 2.37. The highest BCUT2D eigenvalue weighted by Gasteiger charge is 2.12. The molecule has 1 rings (SSSR count). The fourth-order valence-corrected chi connectivity index (χ4v) is 1.71. The summed E-state index contributed by atoms with van der Waals surface area (Å²) in [5.41, 5.74) is 2.39. The molecule has 1 aromatic rings. The molecule has 18 heavy (non-hydrogen) atoms. The van der Waals surface area contributed by atoms with Crippen LogP contribution in [0.5, 0.6) is 5.75 Å². The molecule has 0 aliphatic heterocycles. The topological polar surface area (TPSA) is 55.4 Å². The van der Waals surface area contributed by atoms with E-state index in [4.69, 9.17) is 4.74 Å². The lowest BCUT2D eigenvalue weighted by Crippen LogP contribution is -2.29. The summed E-state index contributed by atoms with van der Waals surface area (Å²) >= 11 is 0. The van der Waals surface area contributed by atoms with E-state index in [-0.39, 0.29) is 18.2 Å². The normalized spacial score (nSPS) is 10.0. The molecule has 0 radical (unpaired) electrons. The van der Waals surface area contributed by atoms with Crippen molar-refractivity contribution in [1.82, 2.24) is 5.32 Å². The maximum Gasteiger partial charge on any atom is 0.220 e. The van der Waals surface area contributed by atoms with Crippen LogP contribution in [0.1, 0.15) is 34.8 Å². The Labute approximate surface area is 107 Å². The van der Waals surface area contributed by atoms with Crippen LogP contribution in [0.4, 0.5) is 0 Å². The van der Waals surface area contributed by atoms with Gasteiger partial charge in [-0.25, -0.2) is 0 Å². The first-order valence-corrected chi connectivity index (χ1v) is 5.94. The number of rotatable bonds is 5. The Morgan fingerprint density at radius 2 is 1.89 bits per heavy atom. The van der Waals surface area contributed by atoms with Crippen molar-refractivity contribution in [3.8, 4) is 5.75 Å². The molecule has 0 bridgehead atoms. The van der Waals surface area contributed by atoms with Crippen LogP contribution in [0.15, 0.2) is 12.1 Å². The number of amides is 1. The minimum absolute atomic E-state index is 0.0410. The molecule has 0 aliphatic carbocycles. The number of aryl methyl sites for hydroxylation is 2. The minimum Gasteiger partial charge on any atom is -0.496 e. The first-order chi connectivity index (χ1) is 8.49. The van der Waals surface area contributed by atoms with Crippen molar-refractivity contribution in [2.24, 2.45) is 0 Å². The summed E-state index contributed by atoms with van der Waals surface area (Å²) in [7, 11) is 1.60. The molecular weight excluding hydrogens is 230 g/mol. The van der Waals surface area contributed by atoms with E-state index in [0.29, 0.717) is 12.0 Å². The highest BCUT2D eigenvalue weighted by molar-refractivity contribution is 6.00. The number of benzene rings is 1. The summed E-state index contributed by atoms with van der Waals surface area (Å²) in [6, 6.07) is 3.64. The number of nitrogens with one attached hydrogen (secondary N) is 1. The average molecular weight is 249 g/mol. The number of methoxy groups -OCH3 is 1. The summed E-state index contributed by atoms with van der Waals surface area (Å²) in [5.74, 6) is 0.563. The van der Waals surface area contributed by atoms with E-state index in [1.54, 1.807) is 20.1 Å². The summed E-state index contributed by atoms with van der Waals surface area (Å²) in [6.45, 7) is 5.54. The fourth-order valence-electron chi connectivity index (χ4n) is 1.71. The van der Waals surface area contributed by atoms with Gasteiger partial charge in [0.15, 0.2) is 5.78 Å². The van der Waals surface area contributed by atoms with E-state index in [0.717, 1.165) is 16.9 Å². The predicted molar refractivity (Wildman–Crippen MR) is 70.1 cm³/mol. The number of hydrogen-bond acceptors (Lipinski definition) is 3. The molecule has 1 aromatic carbocycles. The van der Waals surface area contributed by atoms with Crippen molar-refractivity contribution in [2.45, 2.75) is 27.2 Å². The number of ketones is 1. The number of carbonyl (C=O) groups is 2. The third-order valence-electron chi connectivity index (χ3n) is 2.81. The van der Waals surface area contributed by atoms with Crippen LogP contribution in [-0.4, -0.2) is 25.3 Å². The minimum atomic E-state index is -0.119. The summed E-state index contributed by atoms with van der Waals surface area (Å²) in [4.78, 5) is 23.1. The lowest BCUT2D eigenvalue weighted by atomic mass is 10.0. The third kappa shape index (κ3) is 3.32. The quantitative estimate of drug-likeness (QED) is 0.812. The Balaban J connectivity index is 2.86. The van der Waals surface area contributed by atoms with E-state index in [9.17, 15) is 9.59 Å². The molecule has 0 heterocycles. The van der Waals surface area contributed by atoms with Gasteiger partial charge in [0, 0.05) is 12.0 Å². The molecule has 0 aromatic heterocycles. The van der Waals surface area contributed by atoms with Gasteiger partial charge in [-0.05, 0) is 37.1 Å². The van der Waals surface area contributed by atoms with Gasteiger partial charge in [0.05, 0.1) is 13.7 Å². The zero-order chi connectivity index (χ0) is 13.7. The molecule has 0 spiro atoms. The van der Waals surface area contributed by atoms with Gasteiger partial charge in [0.2, 0.25) is 5.91 Å². The second-order valence-electron chi connectivity index (χ2n) is 4.19. The second kappa shape index (κ2) is 6.19. The van der Waals surface area contributed by atoms with E-state index in [2.05, 4.69) is 5.32 Å². The lowest BCUT2D eigenvalue weighted by Gasteiger charge is -2.11. The Hall–Kier alpha value is -1.84. The number of hydrogen-bond donors (Lipinski definition) is 1. The largest absolute Gasteiger partial charge is 0.496 e. The van der Waals surface area contributed by atoms with E-state index in [1.807, 2.05) is 19.9 Å². The van der Waals surface area contributed by atoms with Gasteiger partial charge in [-0.3, -0.25) is 9.59 Å². The van der Waals surface area contributed by atoms with Crippen molar-refractivity contribution in [1.29, 1.82) is 0 Å². The summed E-state index contributed by atoms with van der Waals surface area (Å²) in [5, 5.41) is 2.59. The first-order valence-electron chi connectivity index (χ1n) is 5.94. The van der Waals surface area contributed by atoms with Gasteiger partial charge < -0.3 is 10.1 Å². The highest BCUT2D eigenvalue weighted by atomic mass is 16.5. The molecule has 0 atom stereocenters. The molecule has 0 saturated heterocycles. The summed E-state index contributed by atoms with van der Waals surface area (Å²) < 4.78 is 5.20. The van der Waals surface area contributed by atoms with Crippen molar-refractivity contribution in [2.75, 3.05) is 13.7 Å². The van der Waals surface area contributed by atoms with E-state index in [1.165, 1.54) is 0 Å². The van der Waals surface area contributed by atoms with Crippen LogP contribution in [0.2, 0.25) is 0 Å². The van der Waals surface area contributed by atoms with Crippen LogP contribution < -0.4 is 10.1 Å². The van der Waals surface area contributed by atoms with Crippen LogP contribution in [-0.2, 0) is 4.79 Å². The fraction of sp³-hybridized carbons (Fsp3) is 0.429. The molecular formula is C14H19NO3. The number of ether oxygens (including phenoxy) is 1. The number of Topliss-reactive ketones (excluding diaryl/α,β-unsaturated/α-hetero) is 1. The Kier molecular flexibility index (Phi) is 4.89. The van der Waals surface area contributed by atoms with Gasteiger partial charge in [0.1, 0.15) is 5.75 Å². The molecule has 98 valence electrons. The van der Waals surface area contributed by atoms with Crippen molar-refractivity contribution in [3.63, 3.8) is 0 Å². The second-order valence-corrected chi connectivity index (χ2v) is 4.19. The van der Waals surface area contributed by atoms with Gasteiger partial charge in [0.25, 0.3) is 0 Å². The smallest absolute Gasteiger partial charge is 0.220 e. The van der Waals surface area contributed by atoms with E-state index >= 15 is 0 Å². The molecule has 0 saturated carbocycles. The van der Waals surface area contributed by atoms with Crippen LogP contribution >= 0.6 is 0 Å². The zero-order valence-electron chi connectivity index (χ0n) is 11.3. The maximum absolute atomic E-state index is 12.0. The molecule has 0 aliphatic rings. The summed E-state index contributed by atoms with van der Waals surface area (Å²) in [6.07, 6.45) is 0.383. The Bertz CT molecular complexity index is 466. The third-order valence-corrected chi connectivity index (χ3v) is 2.81. The molecule has 0 unspecified atom stereocenters. The van der Waals surface area contributed by atoms with Crippen molar-refractivity contribution in [3.05, 3.63) is 28.8 Å². The number of carbonyl (C=O) groups excluding carboxylic acids is 2. The molecule has 0 fully saturated rings. The molecule has 4 nitrogen and oxygen atoms in total. The SMILES string of the molecule is CCC(=O)NCC(=O)c1cc(C)c(OC)cc1C. The van der Waals surface area contributed by atoms with Gasteiger partial charge >= 0.3 is 0 Å².